The quantitative estimate of drug-likeness (QED) is 0.0927. The molecule has 11 aromatic rings. The van der Waals surface area contributed by atoms with Crippen molar-refractivity contribution in [1.29, 1.82) is 0 Å². The highest BCUT2D eigenvalue weighted by molar-refractivity contribution is 5.54. The Morgan fingerprint density at radius 3 is 0.807 bits per heavy atom. The van der Waals surface area contributed by atoms with E-state index in [4.69, 9.17) is 5.11 Å². The minimum Gasteiger partial charge on any atom is -0.508 e. The smallest absolute Gasteiger partial charge is 0.123 e. The summed E-state index contributed by atoms with van der Waals surface area (Å²) >= 11 is 0. The second-order valence-corrected chi connectivity index (χ2v) is 23.1. The van der Waals surface area contributed by atoms with E-state index in [-0.39, 0.29) is 29.6 Å². The molecular formula is C84H88O4. The van der Waals surface area contributed by atoms with Crippen molar-refractivity contribution in [3.8, 4) is 23.0 Å². The fourth-order valence-electron chi connectivity index (χ4n) is 11.0. The van der Waals surface area contributed by atoms with Crippen molar-refractivity contribution < 1.29 is 20.4 Å². The van der Waals surface area contributed by atoms with Crippen LogP contribution in [0.25, 0.3) is 6.08 Å². The van der Waals surface area contributed by atoms with Gasteiger partial charge in [-0.25, -0.2) is 0 Å². The average Bonchev–Trinajstić information content (AvgIpc) is 2.56. The molecule has 0 bridgehead atoms. The fraction of sp³-hybridized carbons (Fsp3) is 0.190. The molecule has 6 atom stereocenters. The average molecular weight is 1160 g/mol. The molecule has 0 fully saturated rings. The Balaban J connectivity index is 0.000000172. The van der Waals surface area contributed by atoms with Gasteiger partial charge in [-0.2, -0.15) is 0 Å². The molecular weight excluding hydrogens is 1070 g/mol. The summed E-state index contributed by atoms with van der Waals surface area (Å²) in [6.07, 6.45) is 1.83. The highest BCUT2D eigenvalue weighted by Gasteiger charge is 2.23. The largest absolute Gasteiger partial charge is 0.508 e. The van der Waals surface area contributed by atoms with Gasteiger partial charge in [-0.1, -0.05) is 331 Å². The van der Waals surface area contributed by atoms with Crippen LogP contribution in [0.2, 0.25) is 0 Å². The van der Waals surface area contributed by atoms with Crippen molar-refractivity contribution in [2.75, 3.05) is 0 Å². The topological polar surface area (TPSA) is 80.9 Å². The molecule has 0 spiro atoms. The zero-order chi connectivity index (χ0) is 63.1. The van der Waals surface area contributed by atoms with E-state index >= 15 is 0 Å². The van der Waals surface area contributed by atoms with Crippen LogP contribution in [0, 0.1) is 27.7 Å². The van der Waals surface area contributed by atoms with Crippen LogP contribution in [0.1, 0.15) is 172 Å². The lowest BCUT2D eigenvalue weighted by atomic mass is 9.84. The molecule has 4 N–H and O–H groups in total. The van der Waals surface area contributed by atoms with E-state index < -0.39 is 0 Å². The molecule has 4 nitrogen and oxygen atoms in total. The predicted molar refractivity (Wildman–Crippen MR) is 372 cm³/mol. The summed E-state index contributed by atoms with van der Waals surface area (Å²) in [4.78, 5) is 0. The summed E-state index contributed by atoms with van der Waals surface area (Å²) in [5.41, 5.74) is 19.6. The molecule has 4 heteroatoms. The van der Waals surface area contributed by atoms with Gasteiger partial charge >= 0.3 is 0 Å². The molecule has 0 saturated heterocycles. The SMILES string of the molecule is C=Cc1ccccc1.Cc1cc(C(C)c2ccccc2)c(O)c(C(C)c2ccc(C(C)c3ccccc3)cc2)c1.Cc1cc(C(C)c2ccccc2)c(O)c(C(C)c2ccccc2)c1.Cc1ccc(O)c(C(C)c2ccccc2)c1.Cc1ccc(O)cc1. The number of aryl methyl sites for hydroxylation is 4. The third-order valence-corrected chi connectivity index (χ3v) is 16.6. The first kappa shape index (κ1) is 65.9. The molecule has 11 aromatic carbocycles. The molecule has 88 heavy (non-hydrogen) atoms. The highest BCUT2D eigenvalue weighted by Crippen LogP contribution is 2.42. The number of phenols is 4. The second kappa shape index (κ2) is 32.7. The first-order chi connectivity index (χ1) is 42.4. The molecule has 0 aliphatic rings. The van der Waals surface area contributed by atoms with E-state index in [9.17, 15) is 15.3 Å². The number of hydrogen-bond acceptors (Lipinski definition) is 4. The van der Waals surface area contributed by atoms with E-state index in [2.05, 4.69) is 201 Å². The van der Waals surface area contributed by atoms with Gasteiger partial charge in [0, 0.05) is 63.3 Å². The van der Waals surface area contributed by atoms with E-state index in [1.807, 2.05) is 135 Å². The first-order valence-electron chi connectivity index (χ1n) is 30.7. The van der Waals surface area contributed by atoms with Gasteiger partial charge < -0.3 is 20.4 Å². The van der Waals surface area contributed by atoms with E-state index in [1.165, 1.54) is 66.8 Å². The predicted octanol–water partition coefficient (Wildman–Crippen LogP) is 22.0. The number of aromatic hydroxyl groups is 4. The lowest BCUT2D eigenvalue weighted by Gasteiger charge is -2.22. The van der Waals surface area contributed by atoms with Crippen LogP contribution in [0.4, 0.5) is 0 Å². The van der Waals surface area contributed by atoms with Crippen molar-refractivity contribution in [3.05, 3.63) is 374 Å². The molecule has 6 unspecified atom stereocenters. The van der Waals surface area contributed by atoms with Crippen molar-refractivity contribution in [2.45, 2.75) is 105 Å². The summed E-state index contributed by atoms with van der Waals surface area (Å²) in [6.45, 7) is 24.9. The van der Waals surface area contributed by atoms with Crippen LogP contribution in [0.3, 0.4) is 0 Å². The van der Waals surface area contributed by atoms with Gasteiger partial charge in [0.25, 0.3) is 0 Å². The minimum absolute atomic E-state index is 0.109. The maximum absolute atomic E-state index is 11.3. The minimum atomic E-state index is 0.109. The molecule has 0 saturated carbocycles. The van der Waals surface area contributed by atoms with Crippen molar-refractivity contribution in [3.63, 3.8) is 0 Å². The molecule has 0 heterocycles. The van der Waals surface area contributed by atoms with Crippen LogP contribution in [-0.4, -0.2) is 20.4 Å². The van der Waals surface area contributed by atoms with Crippen LogP contribution in [0.15, 0.2) is 280 Å². The van der Waals surface area contributed by atoms with Crippen LogP contribution < -0.4 is 0 Å². The van der Waals surface area contributed by atoms with Gasteiger partial charge in [0.1, 0.15) is 23.0 Å². The summed E-state index contributed by atoms with van der Waals surface area (Å²) in [6, 6.07) is 92.1. The van der Waals surface area contributed by atoms with Gasteiger partial charge in [-0.3, -0.25) is 0 Å². The molecule has 448 valence electrons. The highest BCUT2D eigenvalue weighted by atomic mass is 16.3. The zero-order valence-electron chi connectivity index (χ0n) is 53.0. The van der Waals surface area contributed by atoms with Gasteiger partial charge in [0.2, 0.25) is 0 Å². The number of rotatable bonds is 13. The Labute approximate surface area is 525 Å². The Morgan fingerprint density at radius 2 is 0.511 bits per heavy atom. The normalized spacial score (nSPS) is 12.6. The maximum Gasteiger partial charge on any atom is 0.123 e. The molecule has 11 rings (SSSR count). The van der Waals surface area contributed by atoms with E-state index in [1.54, 1.807) is 18.2 Å². The summed E-state index contributed by atoms with van der Waals surface area (Å²) in [5.74, 6) is 2.69. The molecule has 0 aliphatic heterocycles. The standard InChI is InChI=1S/C31H32O.C23H24O.C15H16O.C8H8.C7H8O/c1-21-19-29(23(3)26-13-9-6-10-14-26)31(32)30(20-21)24(4)28-17-15-27(16-18-28)22(2)25-11-7-5-8-12-25;1-16-14-21(17(2)19-10-6-4-7-11-19)23(24)22(15-16)18(3)20-12-8-5-9-13-20;1-11-8-9-15(16)14(10-11)12(2)13-6-4-3-5-7-13;1-2-8-6-4-3-5-7-8;1-6-2-4-7(8)5-3-6/h5-20,22-24,32H,1-4H3;4-15,17-18,24H,1-3H3;3-10,12,16H,1-2H3;2-7H,1H2;2-5,8H,1H3. The van der Waals surface area contributed by atoms with Gasteiger partial charge in [-0.15, -0.1) is 0 Å². The maximum atomic E-state index is 11.3. The summed E-state index contributed by atoms with van der Waals surface area (Å²) < 4.78 is 0. The number of phenolic OH excluding ortho intramolecular Hbond substituents is 4. The Bertz CT molecular complexity index is 3760. The summed E-state index contributed by atoms with van der Waals surface area (Å²) in [7, 11) is 0. The van der Waals surface area contributed by atoms with Gasteiger partial charge in [0.15, 0.2) is 0 Å². The zero-order valence-corrected chi connectivity index (χ0v) is 53.0. The lowest BCUT2D eigenvalue weighted by molar-refractivity contribution is 0.456. The van der Waals surface area contributed by atoms with Crippen LogP contribution in [0.5, 0.6) is 23.0 Å². The molecule has 0 aliphatic carbocycles. The van der Waals surface area contributed by atoms with Gasteiger partial charge in [-0.05, 0) is 90.4 Å². The molecule has 0 amide bonds. The molecule has 0 radical (unpaired) electrons. The Hall–Kier alpha value is -9.64. The van der Waals surface area contributed by atoms with E-state index in [0.717, 1.165) is 27.8 Å². The molecule has 0 aromatic heterocycles. The number of hydrogen-bond donors (Lipinski definition) is 4. The van der Waals surface area contributed by atoms with Crippen LogP contribution >= 0.6 is 0 Å². The number of benzene rings is 11. The van der Waals surface area contributed by atoms with E-state index in [0.29, 0.717) is 28.9 Å². The first-order valence-corrected chi connectivity index (χ1v) is 30.7. The van der Waals surface area contributed by atoms with Crippen molar-refractivity contribution in [1.82, 2.24) is 0 Å². The lowest BCUT2D eigenvalue weighted by Crippen LogP contribution is -2.04. The van der Waals surface area contributed by atoms with Gasteiger partial charge in [0.05, 0.1) is 0 Å². The summed E-state index contributed by atoms with van der Waals surface area (Å²) in [5, 5.41) is 40.9. The fourth-order valence-corrected chi connectivity index (χ4v) is 11.0. The Morgan fingerprint density at radius 1 is 0.261 bits per heavy atom. The third kappa shape index (κ3) is 18.4. The third-order valence-electron chi connectivity index (χ3n) is 16.6. The van der Waals surface area contributed by atoms with Crippen molar-refractivity contribution in [2.24, 2.45) is 0 Å². The van der Waals surface area contributed by atoms with Crippen molar-refractivity contribution >= 4 is 6.08 Å². The second-order valence-electron chi connectivity index (χ2n) is 23.1. The Kier molecular flexibility index (Phi) is 24.5. The monoisotopic (exact) mass is 1160 g/mol. The van der Waals surface area contributed by atoms with Crippen LogP contribution in [-0.2, 0) is 0 Å².